The molecular weight excluding hydrogens is 489 g/mol. The first-order valence-electron chi connectivity index (χ1n) is 14.8. The van der Waals surface area contributed by atoms with E-state index in [9.17, 15) is 0 Å². The van der Waals surface area contributed by atoms with Gasteiger partial charge in [0.25, 0.3) is 0 Å². The Bertz CT molecular complexity index is 1680. The van der Waals surface area contributed by atoms with Gasteiger partial charge in [-0.25, -0.2) is 0 Å². The zero-order valence-corrected chi connectivity index (χ0v) is 26.2. The van der Waals surface area contributed by atoms with Gasteiger partial charge in [-0.15, -0.1) is 6.42 Å². The van der Waals surface area contributed by atoms with Crippen molar-refractivity contribution in [2.45, 2.75) is 77.8 Å². The Balaban J connectivity index is 2.26. The third kappa shape index (κ3) is 3.70. The minimum Gasteiger partial charge on any atom is -0.115 e. The van der Waals surface area contributed by atoms with Crippen LogP contribution < -0.4 is 10.4 Å². The molecule has 0 saturated carbocycles. The molecular formula is C36H42Si2. The SMILES string of the molecule is C#Cc1cccc2ccc3c([Si](CC)(CC)CC)c4c(ccc5ccccc54)c([Si](CC)(CC)CC)c3c12. The van der Waals surface area contributed by atoms with Gasteiger partial charge in [0.2, 0.25) is 0 Å². The summed E-state index contributed by atoms with van der Waals surface area (Å²) in [4.78, 5) is 0. The van der Waals surface area contributed by atoms with Crippen LogP contribution in [0.1, 0.15) is 47.1 Å². The summed E-state index contributed by atoms with van der Waals surface area (Å²) in [5, 5.41) is 14.8. The van der Waals surface area contributed by atoms with E-state index in [-0.39, 0.29) is 0 Å². The van der Waals surface area contributed by atoms with Crippen LogP contribution in [0.2, 0.25) is 36.3 Å². The molecule has 0 heterocycles. The molecule has 0 nitrogen and oxygen atoms in total. The minimum atomic E-state index is -1.83. The van der Waals surface area contributed by atoms with Crippen molar-refractivity contribution in [2.75, 3.05) is 0 Å². The maximum atomic E-state index is 6.22. The van der Waals surface area contributed by atoms with E-state index in [2.05, 4.69) is 114 Å². The van der Waals surface area contributed by atoms with Crippen molar-refractivity contribution >= 4 is 69.6 Å². The Morgan fingerprint density at radius 1 is 0.500 bits per heavy atom. The summed E-state index contributed by atoms with van der Waals surface area (Å²) >= 11 is 0. The van der Waals surface area contributed by atoms with E-state index < -0.39 is 16.1 Å². The van der Waals surface area contributed by atoms with Gasteiger partial charge in [-0.3, -0.25) is 0 Å². The maximum Gasteiger partial charge on any atom is 0.0875 e. The lowest BCUT2D eigenvalue weighted by molar-refractivity contribution is 1.20. The Labute approximate surface area is 231 Å². The van der Waals surface area contributed by atoms with Crippen molar-refractivity contribution in [2.24, 2.45) is 0 Å². The fraction of sp³-hybridized carbons (Fsp3) is 0.333. The third-order valence-electron chi connectivity index (χ3n) is 10.3. The Morgan fingerprint density at radius 3 is 1.58 bits per heavy atom. The average molecular weight is 531 g/mol. The number of terminal acetylenes is 1. The van der Waals surface area contributed by atoms with Crippen molar-refractivity contribution in [3.8, 4) is 12.3 Å². The molecule has 0 aromatic heterocycles. The van der Waals surface area contributed by atoms with Crippen molar-refractivity contribution in [3.05, 3.63) is 72.3 Å². The molecule has 5 aromatic carbocycles. The van der Waals surface area contributed by atoms with E-state index in [0.29, 0.717) is 0 Å². The third-order valence-corrected chi connectivity index (χ3v) is 21.6. The second-order valence-electron chi connectivity index (χ2n) is 11.2. The van der Waals surface area contributed by atoms with E-state index in [1.54, 1.807) is 15.8 Å². The van der Waals surface area contributed by atoms with E-state index in [0.717, 1.165) is 5.56 Å². The van der Waals surface area contributed by atoms with Gasteiger partial charge in [0.05, 0.1) is 16.1 Å². The van der Waals surface area contributed by atoms with Gasteiger partial charge >= 0.3 is 0 Å². The van der Waals surface area contributed by atoms with Gasteiger partial charge < -0.3 is 0 Å². The number of fused-ring (bicyclic) bond motifs is 6. The normalized spacial score (nSPS) is 12.6. The summed E-state index contributed by atoms with van der Waals surface area (Å²) in [5.41, 5.74) is 1.04. The van der Waals surface area contributed by atoms with Crippen LogP contribution >= 0.6 is 0 Å². The predicted octanol–water partition coefficient (Wildman–Crippen LogP) is 9.71. The fourth-order valence-electron chi connectivity index (χ4n) is 7.65. The molecule has 0 atom stereocenters. The molecule has 0 bridgehead atoms. The van der Waals surface area contributed by atoms with Crippen LogP contribution in [-0.4, -0.2) is 16.1 Å². The molecule has 5 aromatic rings. The van der Waals surface area contributed by atoms with Gasteiger partial charge in [0.1, 0.15) is 0 Å². The Hall–Kier alpha value is -2.87. The highest BCUT2D eigenvalue weighted by atomic mass is 28.3. The van der Waals surface area contributed by atoms with Crippen LogP contribution in [0.15, 0.2) is 66.7 Å². The van der Waals surface area contributed by atoms with Gasteiger partial charge in [-0.2, -0.15) is 0 Å². The molecule has 38 heavy (non-hydrogen) atoms. The molecule has 0 aliphatic carbocycles. The van der Waals surface area contributed by atoms with Crippen LogP contribution in [0.4, 0.5) is 0 Å². The second-order valence-corrected chi connectivity index (χ2v) is 21.5. The zero-order chi connectivity index (χ0) is 27.1. The van der Waals surface area contributed by atoms with E-state index in [1.165, 1.54) is 74.0 Å². The molecule has 0 spiro atoms. The van der Waals surface area contributed by atoms with Gasteiger partial charge in [-0.1, -0.05) is 144 Å². The monoisotopic (exact) mass is 530 g/mol. The summed E-state index contributed by atoms with van der Waals surface area (Å²) in [6.45, 7) is 14.7. The minimum absolute atomic E-state index is 1.04. The molecule has 5 rings (SSSR count). The molecule has 0 unspecified atom stereocenters. The van der Waals surface area contributed by atoms with Crippen LogP contribution in [0.5, 0.6) is 0 Å². The number of hydrogen-bond acceptors (Lipinski definition) is 0. The summed E-state index contributed by atoms with van der Waals surface area (Å²) in [7, 11) is -3.63. The lowest BCUT2D eigenvalue weighted by atomic mass is 9.93. The summed E-state index contributed by atoms with van der Waals surface area (Å²) < 4.78 is 0. The topological polar surface area (TPSA) is 0 Å². The van der Waals surface area contributed by atoms with Crippen LogP contribution in [0.25, 0.3) is 43.1 Å². The van der Waals surface area contributed by atoms with Crippen LogP contribution in [-0.2, 0) is 0 Å². The van der Waals surface area contributed by atoms with E-state index >= 15 is 0 Å². The smallest absolute Gasteiger partial charge is 0.0875 e. The molecule has 0 radical (unpaired) electrons. The summed E-state index contributed by atoms with van der Waals surface area (Å²) in [5.74, 6) is 3.10. The lowest BCUT2D eigenvalue weighted by Gasteiger charge is -2.37. The Kier molecular flexibility index (Phi) is 7.29. The molecule has 2 heteroatoms. The van der Waals surface area contributed by atoms with Crippen LogP contribution in [0.3, 0.4) is 0 Å². The first kappa shape index (κ1) is 26.7. The molecule has 0 N–H and O–H groups in total. The highest BCUT2D eigenvalue weighted by Crippen LogP contribution is 2.39. The summed E-state index contributed by atoms with van der Waals surface area (Å²) in [6, 6.07) is 32.9. The second kappa shape index (κ2) is 10.4. The largest absolute Gasteiger partial charge is 0.115 e. The number of rotatable bonds is 8. The van der Waals surface area contributed by atoms with Gasteiger partial charge in [0.15, 0.2) is 0 Å². The van der Waals surface area contributed by atoms with Crippen molar-refractivity contribution in [1.82, 2.24) is 0 Å². The molecule has 0 saturated heterocycles. The quantitative estimate of drug-likeness (QED) is 0.0810. The summed E-state index contributed by atoms with van der Waals surface area (Å²) in [6.07, 6.45) is 6.22. The molecule has 0 aliphatic heterocycles. The van der Waals surface area contributed by atoms with Gasteiger partial charge in [0, 0.05) is 10.9 Å². The molecule has 0 aliphatic rings. The number of hydrogen-bond donors (Lipinski definition) is 0. The highest BCUT2D eigenvalue weighted by Gasteiger charge is 2.39. The van der Waals surface area contributed by atoms with Crippen LogP contribution in [0, 0.1) is 12.3 Å². The maximum absolute atomic E-state index is 6.22. The average Bonchev–Trinajstić information content (AvgIpc) is 2.98. The first-order chi connectivity index (χ1) is 18.5. The van der Waals surface area contributed by atoms with Crippen molar-refractivity contribution < 1.29 is 0 Å². The van der Waals surface area contributed by atoms with Crippen molar-refractivity contribution in [1.29, 1.82) is 0 Å². The molecule has 194 valence electrons. The number of benzene rings is 5. The van der Waals surface area contributed by atoms with E-state index in [4.69, 9.17) is 6.42 Å². The fourth-order valence-corrected chi connectivity index (χ4v) is 15.9. The zero-order valence-electron chi connectivity index (χ0n) is 24.2. The molecule has 0 amide bonds. The highest BCUT2D eigenvalue weighted by molar-refractivity contribution is 6.99. The first-order valence-corrected chi connectivity index (χ1v) is 20.0. The lowest BCUT2D eigenvalue weighted by Crippen LogP contribution is -2.51. The van der Waals surface area contributed by atoms with E-state index in [1.807, 2.05) is 0 Å². The molecule has 0 fully saturated rings. The van der Waals surface area contributed by atoms with Gasteiger partial charge in [-0.05, 0) is 54.1 Å². The van der Waals surface area contributed by atoms with Crippen molar-refractivity contribution in [3.63, 3.8) is 0 Å². The standard InChI is InChI=1S/C36H42Si2/c1-8-26-19-17-20-28-23-25-31-34(32(26)28)36(38(12-5,13-6)14-7)30-24-22-27-18-15-16-21-29(27)33(30)35(31)37(9-2,10-3)11-4/h1,15-25H,9-14H2,2-7H3. The predicted molar refractivity (Wildman–Crippen MR) is 178 cm³/mol. The Morgan fingerprint density at radius 2 is 1.00 bits per heavy atom.